The lowest BCUT2D eigenvalue weighted by molar-refractivity contribution is 0.0944. The number of methoxy groups -OCH3 is 1. The molecule has 0 atom stereocenters. The van der Waals surface area contributed by atoms with E-state index in [0.717, 1.165) is 11.1 Å². The second-order valence-corrected chi connectivity index (χ2v) is 6.33. The van der Waals surface area contributed by atoms with Crippen LogP contribution in [-0.4, -0.2) is 37.9 Å². The Balaban J connectivity index is 2.01. The van der Waals surface area contributed by atoms with Crippen LogP contribution in [0, 0.1) is 11.3 Å². The van der Waals surface area contributed by atoms with Gasteiger partial charge in [0.25, 0.3) is 5.91 Å². The van der Waals surface area contributed by atoms with Crippen molar-refractivity contribution in [3.63, 3.8) is 0 Å². The van der Waals surface area contributed by atoms with Gasteiger partial charge < -0.3 is 14.8 Å². The number of benzene rings is 2. The summed E-state index contributed by atoms with van der Waals surface area (Å²) < 4.78 is 11.1. The molecule has 7 heteroatoms. The summed E-state index contributed by atoms with van der Waals surface area (Å²) in [7, 11) is 1.53. The Morgan fingerprint density at radius 3 is 2.80 bits per heavy atom. The van der Waals surface area contributed by atoms with Crippen LogP contribution < -0.4 is 14.8 Å². The molecule has 0 heterocycles. The van der Waals surface area contributed by atoms with E-state index < -0.39 is 0 Å². The number of rotatable bonds is 12. The number of ether oxygens (including phenoxy) is 2. The van der Waals surface area contributed by atoms with E-state index in [0.29, 0.717) is 43.0 Å². The summed E-state index contributed by atoms with van der Waals surface area (Å²) in [5.74, 6) is 0.973. The average molecular weight is 406 g/mol. The largest absolute Gasteiger partial charge is 0.496 e. The first kappa shape index (κ1) is 22.5. The van der Waals surface area contributed by atoms with Gasteiger partial charge in [0.1, 0.15) is 18.1 Å². The van der Waals surface area contributed by atoms with E-state index in [2.05, 4.69) is 29.8 Å². The zero-order valence-electron chi connectivity index (χ0n) is 17.1. The zero-order valence-corrected chi connectivity index (χ0v) is 17.1. The molecule has 0 aliphatic rings. The number of hydrazone groups is 1. The highest BCUT2D eigenvalue weighted by Gasteiger charge is 2.11. The van der Waals surface area contributed by atoms with Crippen LogP contribution in [0.5, 0.6) is 11.5 Å². The van der Waals surface area contributed by atoms with Crippen LogP contribution in [0.15, 0.2) is 60.3 Å². The van der Waals surface area contributed by atoms with Crippen molar-refractivity contribution in [3.8, 4) is 17.6 Å². The number of carbonyl (C=O) groups is 1. The first-order chi connectivity index (χ1) is 14.6. The summed E-state index contributed by atoms with van der Waals surface area (Å²) in [5, 5.41) is 17.2. The highest BCUT2D eigenvalue weighted by molar-refractivity contribution is 5.96. The Labute approximate surface area is 177 Å². The highest BCUT2D eigenvalue weighted by atomic mass is 16.5. The van der Waals surface area contributed by atoms with E-state index in [9.17, 15) is 4.79 Å². The average Bonchev–Trinajstić information content (AvgIpc) is 2.79. The number of nitriles is 1. The maximum Gasteiger partial charge on any atom is 0.255 e. The van der Waals surface area contributed by atoms with Crippen LogP contribution in [-0.2, 0) is 13.0 Å². The highest BCUT2D eigenvalue weighted by Crippen LogP contribution is 2.23. The Morgan fingerprint density at radius 1 is 1.30 bits per heavy atom. The van der Waals surface area contributed by atoms with Gasteiger partial charge in [0, 0.05) is 19.3 Å². The maximum absolute atomic E-state index is 12.4. The van der Waals surface area contributed by atoms with Gasteiger partial charge in [-0.25, -0.2) is 0 Å². The van der Waals surface area contributed by atoms with E-state index in [-0.39, 0.29) is 12.5 Å². The number of nitrogens with one attached hydrogen (secondary N) is 1. The van der Waals surface area contributed by atoms with Crippen molar-refractivity contribution >= 4 is 12.6 Å². The van der Waals surface area contributed by atoms with E-state index in [1.165, 1.54) is 7.11 Å². The predicted octanol–water partition coefficient (Wildman–Crippen LogP) is 3.52. The van der Waals surface area contributed by atoms with E-state index >= 15 is 0 Å². The number of nitrogens with zero attached hydrogens (tertiary/aromatic N) is 3. The third-order valence-corrected chi connectivity index (χ3v) is 4.37. The quantitative estimate of drug-likeness (QED) is 0.331. The van der Waals surface area contributed by atoms with Crippen LogP contribution in [0.25, 0.3) is 0 Å². The number of aryl methyl sites for hydroxylation is 1. The van der Waals surface area contributed by atoms with Crippen molar-refractivity contribution in [2.24, 2.45) is 5.10 Å². The second-order valence-electron chi connectivity index (χ2n) is 6.33. The summed E-state index contributed by atoms with van der Waals surface area (Å²) in [6.45, 7) is 8.33. The van der Waals surface area contributed by atoms with Crippen LogP contribution >= 0.6 is 0 Å². The molecule has 0 aliphatic heterocycles. The number of hydrogen-bond donors (Lipinski definition) is 1. The number of carbonyl (C=O) groups excluding carboxylic acids is 1. The van der Waals surface area contributed by atoms with Crippen molar-refractivity contribution in [1.82, 2.24) is 10.3 Å². The minimum Gasteiger partial charge on any atom is -0.496 e. The molecule has 0 radical (unpaired) electrons. The molecule has 0 aliphatic carbocycles. The first-order valence-electron chi connectivity index (χ1n) is 9.51. The summed E-state index contributed by atoms with van der Waals surface area (Å²) >= 11 is 0. The Hall–Kier alpha value is -3.79. The number of hydrogen-bond acceptors (Lipinski definition) is 6. The van der Waals surface area contributed by atoms with Crippen molar-refractivity contribution in [2.45, 2.75) is 19.4 Å². The summed E-state index contributed by atoms with van der Waals surface area (Å²) in [5.41, 5.74) is 2.38. The molecule has 0 saturated carbocycles. The van der Waals surface area contributed by atoms with Gasteiger partial charge in [-0.15, -0.1) is 0 Å². The van der Waals surface area contributed by atoms with Gasteiger partial charge in [0.2, 0.25) is 0 Å². The summed E-state index contributed by atoms with van der Waals surface area (Å²) in [6, 6.07) is 15.0. The molecule has 0 unspecified atom stereocenters. The monoisotopic (exact) mass is 406 g/mol. The molecule has 7 nitrogen and oxygen atoms in total. The smallest absolute Gasteiger partial charge is 0.255 e. The van der Waals surface area contributed by atoms with Gasteiger partial charge in [-0.2, -0.15) is 10.4 Å². The summed E-state index contributed by atoms with van der Waals surface area (Å²) in [4.78, 5) is 12.4. The predicted molar refractivity (Wildman–Crippen MR) is 116 cm³/mol. The van der Waals surface area contributed by atoms with Crippen LogP contribution in [0.4, 0.5) is 0 Å². The van der Waals surface area contributed by atoms with Gasteiger partial charge in [0.05, 0.1) is 31.8 Å². The maximum atomic E-state index is 12.4. The van der Waals surface area contributed by atoms with Crippen molar-refractivity contribution in [1.29, 1.82) is 5.26 Å². The molecule has 0 saturated heterocycles. The van der Waals surface area contributed by atoms with Gasteiger partial charge in [-0.1, -0.05) is 30.8 Å². The molecule has 2 aromatic rings. The third kappa shape index (κ3) is 6.38. The van der Waals surface area contributed by atoms with Gasteiger partial charge in [-0.3, -0.25) is 9.80 Å². The Kier molecular flexibility index (Phi) is 8.94. The minimum absolute atomic E-state index is 0.229. The van der Waals surface area contributed by atoms with Crippen molar-refractivity contribution in [3.05, 3.63) is 71.9 Å². The fraction of sp³-hybridized carbons (Fsp3) is 0.261. The van der Waals surface area contributed by atoms with Crippen molar-refractivity contribution < 1.29 is 14.3 Å². The molecule has 1 N–H and O–H groups in total. The van der Waals surface area contributed by atoms with Crippen LogP contribution in [0.3, 0.4) is 0 Å². The molecular weight excluding hydrogens is 380 g/mol. The lowest BCUT2D eigenvalue weighted by Gasteiger charge is -2.16. The standard InChI is InChI=1S/C23H26N4O3/c1-4-27(25-2)17-18-11-12-19(8-7-13-24)22(16-18)30-15-14-26-23(28)20-9-5-6-10-21(20)29-3/h4-6,9-12,16H,1-2,7-8,14-15,17H2,3H3,(H,26,28). The van der Waals surface area contributed by atoms with E-state index in [1.807, 2.05) is 24.3 Å². The third-order valence-electron chi connectivity index (χ3n) is 4.37. The molecule has 0 aromatic heterocycles. The van der Waals surface area contributed by atoms with Gasteiger partial charge >= 0.3 is 0 Å². The molecule has 1 amide bonds. The molecule has 0 fully saturated rings. The van der Waals surface area contributed by atoms with E-state index in [1.54, 1.807) is 29.4 Å². The van der Waals surface area contributed by atoms with E-state index in [4.69, 9.17) is 14.7 Å². The first-order valence-corrected chi connectivity index (χ1v) is 9.51. The number of amides is 1. The molecule has 0 bridgehead atoms. The molecule has 156 valence electrons. The van der Waals surface area contributed by atoms with Gasteiger partial charge in [0.15, 0.2) is 0 Å². The van der Waals surface area contributed by atoms with Crippen LogP contribution in [0.2, 0.25) is 0 Å². The fourth-order valence-electron chi connectivity index (χ4n) is 2.84. The molecule has 2 rings (SSSR count). The molecule has 30 heavy (non-hydrogen) atoms. The second kappa shape index (κ2) is 11.9. The lowest BCUT2D eigenvalue weighted by Crippen LogP contribution is -2.28. The Bertz CT molecular complexity index is 913. The molecular formula is C23H26N4O3. The topological polar surface area (TPSA) is 87.0 Å². The lowest BCUT2D eigenvalue weighted by atomic mass is 10.1. The fourth-order valence-corrected chi connectivity index (χ4v) is 2.84. The molecule has 2 aromatic carbocycles. The zero-order chi connectivity index (χ0) is 21.8. The summed E-state index contributed by atoms with van der Waals surface area (Å²) in [6.07, 6.45) is 2.57. The molecule has 0 spiro atoms. The van der Waals surface area contributed by atoms with Gasteiger partial charge in [-0.05, 0) is 35.7 Å². The normalized spacial score (nSPS) is 9.87. The van der Waals surface area contributed by atoms with Crippen LogP contribution in [0.1, 0.15) is 27.9 Å². The SMILES string of the molecule is C=CN(Cc1ccc(CCC#N)c(OCCNC(=O)c2ccccc2OC)c1)N=C. The van der Waals surface area contributed by atoms with Crippen molar-refractivity contribution in [2.75, 3.05) is 20.3 Å². The number of para-hydroxylation sites is 1. The minimum atomic E-state index is -0.229. The Morgan fingerprint density at radius 2 is 2.10 bits per heavy atom.